The fraction of sp³-hybridized carbons (Fsp3) is 0.217. The summed E-state index contributed by atoms with van der Waals surface area (Å²) in [6.45, 7) is 3.53. The number of ether oxygens (including phenoxy) is 1. The Bertz CT molecular complexity index is 1270. The first-order chi connectivity index (χ1) is 16.5. The highest BCUT2D eigenvalue weighted by Gasteiger charge is 2.09. The lowest BCUT2D eigenvalue weighted by Crippen LogP contribution is -2.21. The summed E-state index contributed by atoms with van der Waals surface area (Å²) in [5.41, 5.74) is 1.79. The van der Waals surface area contributed by atoms with Crippen LogP contribution in [0.3, 0.4) is 0 Å². The standard InChI is InChI=1S/C23H24N6O4S/c1-3-33-23(31)29-34(32)20-11-9-19(10-12-20)27-22-25-14-17(21(28-22)26-16(2)15-30)7-8-18-6-4-5-13-24-18/h4-6,9-14,16,30,34H,3,15H2,1-2H3,(H2,25,26,27,28)/t16-/m1/s1. The zero-order chi connectivity index (χ0) is 24.3. The van der Waals surface area contributed by atoms with E-state index in [-0.39, 0.29) is 19.3 Å². The van der Waals surface area contributed by atoms with Gasteiger partial charge < -0.3 is 20.5 Å². The summed E-state index contributed by atoms with van der Waals surface area (Å²) >= 11 is 0. The highest BCUT2D eigenvalue weighted by molar-refractivity contribution is 7.75. The van der Waals surface area contributed by atoms with Crippen molar-refractivity contribution in [2.45, 2.75) is 24.8 Å². The molecule has 2 atom stereocenters. The van der Waals surface area contributed by atoms with Crippen LogP contribution in [0, 0.1) is 11.8 Å². The maximum Gasteiger partial charge on any atom is 0.441 e. The molecule has 0 spiro atoms. The van der Waals surface area contributed by atoms with Gasteiger partial charge in [0.25, 0.3) is 0 Å². The van der Waals surface area contributed by atoms with Gasteiger partial charge in [0.15, 0.2) is 0 Å². The van der Waals surface area contributed by atoms with E-state index >= 15 is 0 Å². The zero-order valence-corrected chi connectivity index (χ0v) is 19.5. The fourth-order valence-electron chi connectivity index (χ4n) is 2.58. The number of thiol groups is 1. The van der Waals surface area contributed by atoms with E-state index in [1.54, 1.807) is 49.6 Å². The van der Waals surface area contributed by atoms with Crippen LogP contribution in [0.25, 0.3) is 0 Å². The molecule has 0 saturated heterocycles. The number of carbonyl (C=O) groups excluding carboxylic acids is 1. The van der Waals surface area contributed by atoms with Crippen molar-refractivity contribution < 1.29 is 18.8 Å². The SMILES string of the molecule is CCOC(=O)/N=[SH](=O)/c1ccc(Nc2ncc(C#Cc3ccccn3)c(N[C@H](C)CO)n2)cc1. The maximum absolute atomic E-state index is 12.2. The van der Waals surface area contributed by atoms with Gasteiger partial charge in [-0.2, -0.15) is 4.98 Å². The predicted molar refractivity (Wildman–Crippen MR) is 129 cm³/mol. The number of hydrogen-bond donors (Lipinski definition) is 4. The van der Waals surface area contributed by atoms with E-state index in [4.69, 9.17) is 0 Å². The molecular weight excluding hydrogens is 456 g/mol. The minimum Gasteiger partial charge on any atom is -0.448 e. The number of aromatic nitrogens is 3. The molecule has 0 aliphatic carbocycles. The van der Waals surface area contributed by atoms with Crippen LogP contribution in [-0.2, 0) is 15.3 Å². The molecule has 1 amide bonds. The first kappa shape index (κ1) is 24.6. The van der Waals surface area contributed by atoms with E-state index in [0.29, 0.717) is 33.6 Å². The van der Waals surface area contributed by atoms with Crippen molar-refractivity contribution in [3.63, 3.8) is 0 Å². The van der Waals surface area contributed by atoms with Gasteiger partial charge in [0.1, 0.15) is 11.5 Å². The molecule has 2 aromatic heterocycles. The Labute approximate surface area is 199 Å². The normalized spacial score (nSPS) is 12.2. The number of benzene rings is 1. The fourth-order valence-corrected chi connectivity index (χ4v) is 3.30. The van der Waals surface area contributed by atoms with Gasteiger partial charge in [0, 0.05) is 22.8 Å². The van der Waals surface area contributed by atoms with Gasteiger partial charge in [-0.15, -0.1) is 4.36 Å². The van der Waals surface area contributed by atoms with Crippen molar-refractivity contribution in [3.05, 3.63) is 66.1 Å². The molecule has 176 valence electrons. The lowest BCUT2D eigenvalue weighted by Gasteiger charge is -2.14. The molecule has 1 unspecified atom stereocenters. The highest BCUT2D eigenvalue weighted by Crippen LogP contribution is 2.19. The number of aliphatic hydroxyl groups is 1. The first-order valence-corrected chi connectivity index (χ1v) is 11.6. The molecule has 0 saturated carbocycles. The van der Waals surface area contributed by atoms with Gasteiger partial charge in [0.05, 0.1) is 35.6 Å². The number of nitrogens with one attached hydrogen (secondary N) is 2. The Morgan fingerprint density at radius 2 is 2.00 bits per heavy atom. The second-order valence-electron chi connectivity index (χ2n) is 6.89. The predicted octanol–water partition coefficient (Wildman–Crippen LogP) is 2.99. The Hall–Kier alpha value is -4.01. The quantitative estimate of drug-likeness (QED) is 0.297. The van der Waals surface area contributed by atoms with Crippen LogP contribution in [0.15, 0.2) is 64.1 Å². The Morgan fingerprint density at radius 1 is 1.21 bits per heavy atom. The smallest absolute Gasteiger partial charge is 0.441 e. The molecule has 3 aromatic rings. The average molecular weight is 481 g/mol. The molecule has 3 N–H and O–H groups in total. The molecule has 0 bridgehead atoms. The molecule has 0 aliphatic heterocycles. The number of aliphatic hydroxyl groups excluding tert-OH is 1. The van der Waals surface area contributed by atoms with E-state index in [0.717, 1.165) is 0 Å². The van der Waals surface area contributed by atoms with Gasteiger partial charge in [-0.1, -0.05) is 12.0 Å². The monoisotopic (exact) mass is 480 g/mol. The number of amides is 1. The van der Waals surface area contributed by atoms with Crippen LogP contribution in [0.4, 0.5) is 22.2 Å². The third kappa shape index (κ3) is 7.26. The van der Waals surface area contributed by atoms with Gasteiger partial charge in [-0.05, 0) is 56.2 Å². The van der Waals surface area contributed by atoms with Crippen LogP contribution in [0.1, 0.15) is 25.1 Å². The van der Waals surface area contributed by atoms with E-state index in [2.05, 4.69) is 46.5 Å². The Balaban J connectivity index is 1.80. The maximum atomic E-state index is 12.2. The number of nitrogens with zero attached hydrogens (tertiary/aromatic N) is 4. The van der Waals surface area contributed by atoms with Gasteiger partial charge in [-0.25, -0.2) is 19.0 Å². The summed E-state index contributed by atoms with van der Waals surface area (Å²) in [6.07, 6.45) is 2.37. The lowest BCUT2D eigenvalue weighted by molar-refractivity contribution is 0.164. The molecule has 3 rings (SSSR count). The van der Waals surface area contributed by atoms with Crippen molar-refractivity contribution in [2.75, 3.05) is 23.8 Å². The summed E-state index contributed by atoms with van der Waals surface area (Å²) in [7, 11) is -2.26. The number of rotatable bonds is 7. The zero-order valence-electron chi connectivity index (χ0n) is 18.6. The minimum atomic E-state index is -2.26. The third-order valence-electron chi connectivity index (χ3n) is 4.22. The van der Waals surface area contributed by atoms with Crippen molar-refractivity contribution in [3.8, 4) is 11.8 Å². The summed E-state index contributed by atoms with van der Waals surface area (Å²) < 4.78 is 20.4. The summed E-state index contributed by atoms with van der Waals surface area (Å²) in [5, 5.41) is 15.6. The van der Waals surface area contributed by atoms with Crippen LogP contribution in [0.5, 0.6) is 0 Å². The molecule has 0 aliphatic rings. The number of pyridine rings is 1. The number of hydrogen-bond acceptors (Lipinski definition) is 9. The molecule has 0 fully saturated rings. The summed E-state index contributed by atoms with van der Waals surface area (Å²) in [6, 6.07) is 11.7. The second kappa shape index (κ2) is 12.3. The molecule has 34 heavy (non-hydrogen) atoms. The number of carbonyl (C=O) groups is 1. The van der Waals surface area contributed by atoms with E-state index in [1.165, 1.54) is 0 Å². The van der Waals surface area contributed by atoms with Crippen LogP contribution in [0.2, 0.25) is 0 Å². The van der Waals surface area contributed by atoms with Crippen molar-refractivity contribution >= 4 is 34.1 Å². The molecule has 0 radical (unpaired) electrons. The van der Waals surface area contributed by atoms with Gasteiger partial charge >= 0.3 is 6.09 Å². The molecule has 10 nitrogen and oxygen atoms in total. The molecule has 1 aromatic carbocycles. The second-order valence-corrected chi connectivity index (χ2v) is 8.15. The van der Waals surface area contributed by atoms with Gasteiger partial charge in [-0.3, -0.25) is 0 Å². The third-order valence-corrected chi connectivity index (χ3v) is 5.31. The van der Waals surface area contributed by atoms with Crippen molar-refractivity contribution in [2.24, 2.45) is 4.36 Å². The van der Waals surface area contributed by atoms with Crippen LogP contribution >= 0.6 is 0 Å². The Kier molecular flexibility index (Phi) is 8.90. The van der Waals surface area contributed by atoms with E-state index < -0.39 is 16.7 Å². The minimum absolute atomic E-state index is 0.0869. The largest absolute Gasteiger partial charge is 0.448 e. The van der Waals surface area contributed by atoms with Crippen LogP contribution < -0.4 is 10.6 Å². The van der Waals surface area contributed by atoms with Gasteiger partial charge in [0.2, 0.25) is 5.95 Å². The van der Waals surface area contributed by atoms with E-state index in [9.17, 15) is 14.1 Å². The summed E-state index contributed by atoms with van der Waals surface area (Å²) in [5.74, 6) is 6.72. The lowest BCUT2D eigenvalue weighted by atomic mass is 10.2. The highest BCUT2D eigenvalue weighted by atomic mass is 32.2. The average Bonchev–Trinajstić information content (AvgIpc) is 2.84. The number of anilines is 3. The Morgan fingerprint density at radius 3 is 2.68 bits per heavy atom. The molecule has 2 heterocycles. The first-order valence-electron chi connectivity index (χ1n) is 10.4. The molecule has 11 heteroatoms. The summed E-state index contributed by atoms with van der Waals surface area (Å²) in [4.78, 5) is 24.7. The molecular formula is C23H24N6O4S. The topological polar surface area (TPSA) is 139 Å². The van der Waals surface area contributed by atoms with Crippen molar-refractivity contribution in [1.82, 2.24) is 15.0 Å². The van der Waals surface area contributed by atoms with E-state index in [1.807, 2.05) is 19.1 Å². The van der Waals surface area contributed by atoms with Crippen molar-refractivity contribution in [1.29, 1.82) is 0 Å². The van der Waals surface area contributed by atoms with Crippen LogP contribution in [-0.4, -0.2) is 49.6 Å².